The van der Waals surface area contributed by atoms with Crippen LogP contribution in [0.15, 0.2) is 48.5 Å². The van der Waals surface area contributed by atoms with Gasteiger partial charge in [-0.15, -0.1) is 0 Å². The average molecular weight is 300 g/mol. The average Bonchev–Trinajstić information content (AvgIpc) is 2.53. The molecule has 2 aromatic rings. The van der Waals surface area contributed by atoms with Gasteiger partial charge in [-0.3, -0.25) is 10.1 Å². The molecule has 22 heavy (non-hydrogen) atoms. The van der Waals surface area contributed by atoms with Crippen LogP contribution in [0.5, 0.6) is 0 Å². The highest BCUT2D eigenvalue weighted by Crippen LogP contribution is 2.16. The smallest absolute Gasteiger partial charge is 0.336 e. The van der Waals surface area contributed by atoms with E-state index in [0.29, 0.717) is 17.7 Å². The molecular weight excluding hydrogens is 284 g/mol. The third kappa shape index (κ3) is 3.69. The van der Waals surface area contributed by atoms with Gasteiger partial charge in [0, 0.05) is 17.7 Å². The minimum Gasteiger partial charge on any atom is -0.478 e. The zero-order valence-corrected chi connectivity index (χ0v) is 11.7. The lowest BCUT2D eigenvalue weighted by atomic mass is 10.1. The highest BCUT2D eigenvalue weighted by atomic mass is 16.4. The predicted molar refractivity (Wildman–Crippen MR) is 80.2 cm³/mol. The Bertz CT molecular complexity index is 683. The first-order chi connectivity index (χ1) is 10.5. The van der Waals surface area contributed by atoms with E-state index in [1.807, 2.05) is 0 Å². The first-order valence-corrected chi connectivity index (χ1v) is 6.61. The Morgan fingerprint density at radius 3 is 2.32 bits per heavy atom. The summed E-state index contributed by atoms with van der Waals surface area (Å²) >= 11 is 0. The van der Waals surface area contributed by atoms with Crippen molar-refractivity contribution in [2.24, 2.45) is 5.73 Å². The van der Waals surface area contributed by atoms with Crippen molar-refractivity contribution < 1.29 is 19.8 Å². The van der Waals surface area contributed by atoms with Crippen molar-refractivity contribution in [1.29, 1.82) is 0 Å². The molecule has 0 aliphatic rings. The number of aromatic carboxylic acids is 1. The fourth-order valence-corrected chi connectivity index (χ4v) is 2.04. The van der Waals surface area contributed by atoms with Crippen LogP contribution >= 0.6 is 0 Å². The zero-order valence-electron chi connectivity index (χ0n) is 11.7. The maximum Gasteiger partial charge on any atom is 0.336 e. The largest absolute Gasteiger partial charge is 0.478 e. The minimum absolute atomic E-state index is 0.0478. The number of nitrogens with one attached hydrogen (secondary N) is 1. The van der Waals surface area contributed by atoms with Gasteiger partial charge < -0.3 is 15.9 Å². The van der Waals surface area contributed by atoms with Gasteiger partial charge in [0.25, 0.3) is 0 Å². The number of carboxylic acid groups (broad SMARTS) is 1. The predicted octanol–water partition coefficient (Wildman–Crippen LogP) is 1.26. The number of carbonyl (C=O) groups is 2. The van der Waals surface area contributed by atoms with E-state index in [2.05, 4.69) is 5.32 Å². The van der Waals surface area contributed by atoms with Crippen molar-refractivity contribution in [2.75, 3.05) is 0 Å². The highest BCUT2D eigenvalue weighted by Gasteiger charge is 2.15. The number of carbonyl (C=O) groups excluding carboxylic acids is 1. The molecule has 1 unspecified atom stereocenters. The number of primary amides is 1. The van der Waals surface area contributed by atoms with E-state index in [9.17, 15) is 14.7 Å². The van der Waals surface area contributed by atoms with Crippen LogP contribution in [-0.2, 0) is 6.54 Å². The standard InChI is InChI=1S/C16H16N2O4/c17-14(19)11-7-5-10(6-8-11)9-18-15(20)12-3-1-2-4-13(12)16(21)22/h1-8,15,18,20H,9H2,(H2,17,19)(H,21,22). The van der Waals surface area contributed by atoms with E-state index < -0.39 is 18.1 Å². The molecule has 0 bridgehead atoms. The first kappa shape index (κ1) is 15.7. The summed E-state index contributed by atoms with van der Waals surface area (Å²) in [5.41, 5.74) is 6.73. The van der Waals surface area contributed by atoms with Crippen LogP contribution in [0.1, 0.15) is 38.1 Å². The van der Waals surface area contributed by atoms with Crippen molar-refractivity contribution >= 4 is 11.9 Å². The minimum atomic E-state index is -1.11. The second-order valence-electron chi connectivity index (χ2n) is 4.74. The fraction of sp³-hybridized carbons (Fsp3) is 0.125. The van der Waals surface area contributed by atoms with E-state index in [1.54, 1.807) is 42.5 Å². The number of hydrogen-bond acceptors (Lipinski definition) is 4. The molecule has 0 saturated heterocycles. The van der Waals surface area contributed by atoms with Crippen molar-refractivity contribution in [3.63, 3.8) is 0 Å². The number of rotatable bonds is 6. The van der Waals surface area contributed by atoms with Gasteiger partial charge in [0.15, 0.2) is 0 Å². The zero-order chi connectivity index (χ0) is 16.1. The molecule has 2 rings (SSSR count). The number of aliphatic hydroxyl groups is 1. The molecule has 1 atom stereocenters. The van der Waals surface area contributed by atoms with Crippen molar-refractivity contribution in [1.82, 2.24) is 5.32 Å². The Kier molecular flexibility index (Phi) is 4.88. The normalized spacial score (nSPS) is 11.9. The summed E-state index contributed by atoms with van der Waals surface area (Å²) in [5, 5.41) is 22.0. The van der Waals surface area contributed by atoms with E-state index in [-0.39, 0.29) is 5.56 Å². The Labute approximate surface area is 127 Å². The molecule has 0 heterocycles. The van der Waals surface area contributed by atoms with Crippen molar-refractivity contribution in [2.45, 2.75) is 12.8 Å². The molecule has 0 saturated carbocycles. The first-order valence-electron chi connectivity index (χ1n) is 6.61. The summed E-state index contributed by atoms with van der Waals surface area (Å²) in [5.74, 6) is -1.60. The lowest BCUT2D eigenvalue weighted by Crippen LogP contribution is -2.22. The van der Waals surface area contributed by atoms with Gasteiger partial charge in [0.05, 0.1) is 5.56 Å². The number of amides is 1. The third-order valence-electron chi connectivity index (χ3n) is 3.22. The van der Waals surface area contributed by atoms with E-state index in [0.717, 1.165) is 5.56 Å². The van der Waals surface area contributed by atoms with Crippen molar-refractivity contribution in [3.8, 4) is 0 Å². The molecule has 1 amide bonds. The quantitative estimate of drug-likeness (QED) is 0.600. The van der Waals surface area contributed by atoms with Gasteiger partial charge in [-0.25, -0.2) is 4.79 Å². The lowest BCUT2D eigenvalue weighted by Gasteiger charge is -2.15. The number of benzene rings is 2. The van der Waals surface area contributed by atoms with E-state index in [1.165, 1.54) is 6.07 Å². The summed E-state index contributed by atoms with van der Waals surface area (Å²) in [4.78, 5) is 22.1. The van der Waals surface area contributed by atoms with Crippen molar-refractivity contribution in [3.05, 3.63) is 70.8 Å². The van der Waals surface area contributed by atoms with Crippen LogP contribution in [0.3, 0.4) is 0 Å². The Balaban J connectivity index is 2.05. The Morgan fingerprint density at radius 2 is 1.73 bits per heavy atom. The molecule has 5 N–H and O–H groups in total. The van der Waals surface area contributed by atoms with E-state index >= 15 is 0 Å². The molecule has 0 aromatic heterocycles. The topological polar surface area (TPSA) is 113 Å². The SMILES string of the molecule is NC(=O)c1ccc(CNC(O)c2ccccc2C(=O)O)cc1. The molecule has 6 heteroatoms. The van der Waals surface area contributed by atoms with Gasteiger partial charge in [0.1, 0.15) is 6.23 Å². The van der Waals surface area contributed by atoms with Crippen LogP contribution in [0.2, 0.25) is 0 Å². The number of aliphatic hydroxyl groups excluding tert-OH is 1. The molecule has 2 aromatic carbocycles. The highest BCUT2D eigenvalue weighted by molar-refractivity contribution is 5.92. The summed E-state index contributed by atoms with van der Waals surface area (Å²) in [6, 6.07) is 12.9. The number of nitrogens with two attached hydrogens (primary N) is 1. The van der Waals surface area contributed by atoms with Crippen LogP contribution in [0, 0.1) is 0 Å². The van der Waals surface area contributed by atoms with Crippen LogP contribution in [-0.4, -0.2) is 22.1 Å². The Morgan fingerprint density at radius 1 is 1.09 bits per heavy atom. The monoisotopic (exact) mass is 300 g/mol. The van der Waals surface area contributed by atoms with Crippen LogP contribution in [0.25, 0.3) is 0 Å². The molecule has 0 radical (unpaired) electrons. The van der Waals surface area contributed by atoms with Gasteiger partial charge in [-0.1, -0.05) is 30.3 Å². The van der Waals surface area contributed by atoms with Crippen LogP contribution in [0.4, 0.5) is 0 Å². The summed E-state index contributed by atoms with van der Waals surface area (Å²) in [6.45, 7) is 0.314. The van der Waals surface area contributed by atoms with E-state index in [4.69, 9.17) is 10.8 Å². The maximum atomic E-state index is 11.1. The van der Waals surface area contributed by atoms with Gasteiger partial charge in [0.2, 0.25) is 5.91 Å². The molecule has 0 fully saturated rings. The molecule has 6 nitrogen and oxygen atoms in total. The molecule has 0 spiro atoms. The second kappa shape index (κ2) is 6.84. The summed E-state index contributed by atoms with van der Waals surface area (Å²) in [6.07, 6.45) is -1.11. The molecular formula is C16H16N2O4. The van der Waals surface area contributed by atoms with Gasteiger partial charge in [-0.05, 0) is 23.8 Å². The fourth-order valence-electron chi connectivity index (χ4n) is 2.04. The van der Waals surface area contributed by atoms with Gasteiger partial charge in [-0.2, -0.15) is 0 Å². The van der Waals surface area contributed by atoms with Crippen LogP contribution < -0.4 is 11.1 Å². The summed E-state index contributed by atoms with van der Waals surface area (Å²) in [7, 11) is 0. The number of hydrogen-bond donors (Lipinski definition) is 4. The summed E-state index contributed by atoms with van der Waals surface area (Å²) < 4.78 is 0. The lowest BCUT2D eigenvalue weighted by molar-refractivity contribution is 0.0684. The molecule has 0 aliphatic carbocycles. The molecule has 114 valence electrons. The maximum absolute atomic E-state index is 11.1. The third-order valence-corrected chi connectivity index (χ3v) is 3.22. The van der Waals surface area contributed by atoms with Gasteiger partial charge >= 0.3 is 5.97 Å². The number of carboxylic acids is 1. The second-order valence-corrected chi connectivity index (χ2v) is 4.74. The molecule has 0 aliphatic heterocycles. The Hall–Kier alpha value is -2.70.